The van der Waals surface area contributed by atoms with E-state index < -0.39 is 11.6 Å². The molecular weight excluding hydrogens is 440 g/mol. The van der Waals surface area contributed by atoms with E-state index in [9.17, 15) is 13.6 Å². The summed E-state index contributed by atoms with van der Waals surface area (Å²) in [7, 11) is 0. The molecule has 180 valence electrons. The van der Waals surface area contributed by atoms with Crippen LogP contribution in [-0.2, 0) is 4.74 Å². The Hall–Kier alpha value is -3.07. The Kier molecular flexibility index (Phi) is 6.45. The molecule has 1 N–H and O–H groups in total. The van der Waals surface area contributed by atoms with Crippen LogP contribution in [0.3, 0.4) is 0 Å². The van der Waals surface area contributed by atoms with E-state index in [0.717, 1.165) is 43.7 Å². The van der Waals surface area contributed by atoms with Gasteiger partial charge in [0, 0.05) is 43.8 Å². The number of hydrogen-bond acceptors (Lipinski definition) is 5. The number of hydrogen-bond donors (Lipinski definition) is 1. The lowest BCUT2D eigenvalue weighted by Gasteiger charge is -2.26. The standard InChI is InChI=1S/C25H29F2N5O2/c1-16-2-5-18(6-3-16)29-24-28-11-8-21(30-24)23-15-31(19-9-12-34-13-10-19)25(33)32(23)22-7-4-17(26)14-20(22)27/h4,7-8,11,14-16,18-19H,2-3,5-6,9-10,12-13H2,1H3,(H,28,29,30)/t16-,18-. The number of imidazole rings is 1. The lowest BCUT2D eigenvalue weighted by molar-refractivity contribution is 0.0686. The highest BCUT2D eigenvalue weighted by atomic mass is 19.1. The molecule has 0 bridgehead atoms. The topological polar surface area (TPSA) is 74.0 Å². The number of aromatic nitrogens is 4. The third kappa shape index (κ3) is 4.61. The fourth-order valence-corrected chi connectivity index (χ4v) is 4.92. The van der Waals surface area contributed by atoms with Crippen molar-refractivity contribution in [2.75, 3.05) is 18.5 Å². The van der Waals surface area contributed by atoms with Gasteiger partial charge in [0.15, 0.2) is 0 Å². The van der Waals surface area contributed by atoms with Crippen LogP contribution in [0.15, 0.2) is 41.5 Å². The van der Waals surface area contributed by atoms with Crippen LogP contribution in [0.4, 0.5) is 14.7 Å². The van der Waals surface area contributed by atoms with Crippen molar-refractivity contribution in [1.29, 1.82) is 0 Å². The van der Waals surface area contributed by atoms with Gasteiger partial charge in [-0.05, 0) is 62.6 Å². The lowest BCUT2D eigenvalue weighted by Crippen LogP contribution is -2.30. The lowest BCUT2D eigenvalue weighted by atomic mass is 9.87. The normalized spacial score (nSPS) is 21.5. The van der Waals surface area contributed by atoms with Gasteiger partial charge in [-0.2, -0.15) is 0 Å². The van der Waals surface area contributed by atoms with Crippen LogP contribution in [0, 0.1) is 17.6 Å². The second-order valence-corrected chi connectivity index (χ2v) is 9.35. The molecule has 3 heterocycles. The average Bonchev–Trinajstić information content (AvgIpc) is 3.18. The summed E-state index contributed by atoms with van der Waals surface area (Å²) in [5, 5.41) is 3.42. The summed E-state index contributed by atoms with van der Waals surface area (Å²) in [5.41, 5.74) is 0.529. The minimum Gasteiger partial charge on any atom is -0.381 e. The van der Waals surface area contributed by atoms with Gasteiger partial charge >= 0.3 is 5.69 Å². The Bertz CT molecular complexity index is 1210. The molecule has 1 aromatic carbocycles. The molecule has 3 aromatic rings. The SMILES string of the molecule is C[C@H]1CC[C@H](Nc2nccc(-c3cn(C4CCOCC4)c(=O)n3-c3ccc(F)cc3F)n2)CC1. The van der Waals surface area contributed by atoms with Crippen LogP contribution < -0.4 is 11.0 Å². The highest BCUT2D eigenvalue weighted by molar-refractivity contribution is 5.59. The highest BCUT2D eigenvalue weighted by Crippen LogP contribution is 2.28. The number of rotatable bonds is 5. The first-order chi connectivity index (χ1) is 16.5. The molecule has 0 amide bonds. The number of nitrogens with one attached hydrogen (secondary N) is 1. The van der Waals surface area contributed by atoms with Crippen molar-refractivity contribution in [3.63, 3.8) is 0 Å². The summed E-state index contributed by atoms with van der Waals surface area (Å²) in [6.07, 6.45) is 9.16. The molecule has 0 atom stereocenters. The summed E-state index contributed by atoms with van der Waals surface area (Å²) >= 11 is 0. The van der Waals surface area contributed by atoms with Gasteiger partial charge in [0.1, 0.15) is 11.6 Å². The highest BCUT2D eigenvalue weighted by Gasteiger charge is 2.25. The molecule has 1 saturated carbocycles. The summed E-state index contributed by atoms with van der Waals surface area (Å²) in [4.78, 5) is 22.5. The van der Waals surface area contributed by atoms with Crippen LogP contribution in [0.2, 0.25) is 0 Å². The van der Waals surface area contributed by atoms with Crippen molar-refractivity contribution in [1.82, 2.24) is 19.1 Å². The molecule has 7 nitrogen and oxygen atoms in total. The summed E-state index contributed by atoms with van der Waals surface area (Å²) < 4.78 is 36.8. The zero-order chi connectivity index (χ0) is 23.7. The van der Waals surface area contributed by atoms with E-state index in [0.29, 0.717) is 49.4 Å². The van der Waals surface area contributed by atoms with Crippen LogP contribution in [0.25, 0.3) is 17.1 Å². The summed E-state index contributed by atoms with van der Waals surface area (Å²) in [5.74, 6) is -0.295. The van der Waals surface area contributed by atoms with Gasteiger partial charge in [-0.25, -0.2) is 23.5 Å². The molecule has 0 spiro atoms. The summed E-state index contributed by atoms with van der Waals surface area (Å²) in [6.45, 7) is 3.39. The Morgan fingerprint density at radius 2 is 1.82 bits per heavy atom. The van der Waals surface area contributed by atoms with E-state index in [-0.39, 0.29) is 17.4 Å². The summed E-state index contributed by atoms with van der Waals surface area (Å²) in [6, 6.07) is 5.16. The van der Waals surface area contributed by atoms with Crippen molar-refractivity contribution >= 4 is 5.95 Å². The van der Waals surface area contributed by atoms with Gasteiger partial charge < -0.3 is 10.1 Å². The second kappa shape index (κ2) is 9.66. The maximum atomic E-state index is 14.8. The fourth-order valence-electron chi connectivity index (χ4n) is 4.92. The van der Waals surface area contributed by atoms with Crippen molar-refractivity contribution in [2.45, 2.75) is 57.5 Å². The number of anilines is 1. The van der Waals surface area contributed by atoms with E-state index in [2.05, 4.69) is 22.2 Å². The van der Waals surface area contributed by atoms with E-state index in [1.54, 1.807) is 23.0 Å². The first-order valence-corrected chi connectivity index (χ1v) is 12.0. The van der Waals surface area contributed by atoms with Gasteiger partial charge in [-0.3, -0.25) is 9.13 Å². The number of ether oxygens (including phenoxy) is 1. The van der Waals surface area contributed by atoms with Gasteiger partial charge in [-0.1, -0.05) is 6.92 Å². The van der Waals surface area contributed by atoms with Gasteiger partial charge in [0.2, 0.25) is 5.95 Å². The molecule has 1 aliphatic carbocycles. The molecule has 2 aromatic heterocycles. The minimum absolute atomic E-state index is 0.0124. The molecule has 34 heavy (non-hydrogen) atoms. The predicted octanol–water partition coefficient (Wildman–Crippen LogP) is 4.72. The van der Waals surface area contributed by atoms with Gasteiger partial charge in [0.05, 0.1) is 17.1 Å². The largest absolute Gasteiger partial charge is 0.381 e. The van der Waals surface area contributed by atoms with Crippen molar-refractivity contribution < 1.29 is 13.5 Å². The van der Waals surface area contributed by atoms with E-state index in [1.165, 1.54) is 10.6 Å². The van der Waals surface area contributed by atoms with Crippen LogP contribution in [-0.4, -0.2) is 38.4 Å². The maximum Gasteiger partial charge on any atom is 0.333 e. The molecule has 1 saturated heterocycles. The Balaban J connectivity index is 1.55. The monoisotopic (exact) mass is 469 g/mol. The van der Waals surface area contributed by atoms with E-state index in [1.807, 2.05) is 0 Å². The maximum absolute atomic E-state index is 14.8. The second-order valence-electron chi connectivity index (χ2n) is 9.35. The van der Waals surface area contributed by atoms with Crippen molar-refractivity contribution in [3.8, 4) is 17.1 Å². The quantitative estimate of drug-likeness (QED) is 0.586. The molecule has 2 fully saturated rings. The third-order valence-corrected chi connectivity index (χ3v) is 6.92. The molecule has 9 heteroatoms. The smallest absolute Gasteiger partial charge is 0.333 e. The molecule has 0 radical (unpaired) electrons. The van der Waals surface area contributed by atoms with Crippen LogP contribution in [0.5, 0.6) is 0 Å². The number of halogens is 2. The van der Waals surface area contributed by atoms with Gasteiger partial charge in [0.25, 0.3) is 0 Å². The zero-order valence-electron chi connectivity index (χ0n) is 19.2. The molecule has 1 aliphatic heterocycles. The van der Waals surface area contributed by atoms with Crippen LogP contribution >= 0.6 is 0 Å². The molecule has 0 unspecified atom stereocenters. The number of nitrogens with zero attached hydrogens (tertiary/aromatic N) is 4. The van der Waals surface area contributed by atoms with E-state index in [4.69, 9.17) is 4.74 Å². The predicted molar refractivity (Wildman–Crippen MR) is 125 cm³/mol. The number of benzene rings is 1. The first-order valence-electron chi connectivity index (χ1n) is 12.0. The Morgan fingerprint density at radius 1 is 1.06 bits per heavy atom. The first kappa shape index (κ1) is 22.7. The molecule has 5 rings (SSSR count). The zero-order valence-corrected chi connectivity index (χ0v) is 19.2. The Morgan fingerprint density at radius 3 is 2.56 bits per heavy atom. The van der Waals surface area contributed by atoms with Crippen molar-refractivity contribution in [3.05, 3.63) is 58.8 Å². The van der Waals surface area contributed by atoms with Crippen molar-refractivity contribution in [2.24, 2.45) is 5.92 Å². The van der Waals surface area contributed by atoms with Crippen LogP contribution in [0.1, 0.15) is 51.5 Å². The minimum atomic E-state index is -0.809. The third-order valence-electron chi connectivity index (χ3n) is 6.92. The average molecular weight is 470 g/mol. The Labute approximate surface area is 196 Å². The van der Waals surface area contributed by atoms with E-state index >= 15 is 0 Å². The molecule has 2 aliphatic rings. The van der Waals surface area contributed by atoms with Gasteiger partial charge in [-0.15, -0.1) is 0 Å². The fraction of sp³-hybridized carbons (Fsp3) is 0.480. The molecular formula is C25H29F2N5O2.